The second-order valence-electron chi connectivity index (χ2n) is 6.02. The van der Waals surface area contributed by atoms with Gasteiger partial charge in [0.15, 0.2) is 0 Å². The molecule has 0 aliphatic carbocycles. The fourth-order valence-corrected chi connectivity index (χ4v) is 3.12. The first-order valence-electron chi connectivity index (χ1n) is 7.66. The number of piperidine rings is 1. The minimum atomic E-state index is 0.545. The van der Waals surface area contributed by atoms with Crippen LogP contribution in [0.2, 0.25) is 5.02 Å². The van der Waals surface area contributed by atoms with E-state index < -0.39 is 0 Å². The van der Waals surface area contributed by atoms with Crippen LogP contribution in [0, 0.1) is 11.8 Å². The number of rotatable bonds is 4. The normalized spacial score (nSPS) is 22.9. The molecule has 1 aliphatic heterocycles. The van der Waals surface area contributed by atoms with Gasteiger partial charge in [-0.2, -0.15) is 4.98 Å². The summed E-state index contributed by atoms with van der Waals surface area (Å²) in [6, 6.07) is 7.47. The summed E-state index contributed by atoms with van der Waals surface area (Å²) >= 11 is 6.00. The van der Waals surface area contributed by atoms with E-state index in [-0.39, 0.29) is 0 Å². The average Bonchev–Trinajstić information content (AvgIpc) is 2.98. The molecule has 0 spiro atoms. The Hall–Kier alpha value is -1.43. The highest BCUT2D eigenvalue weighted by Gasteiger charge is 2.26. The van der Waals surface area contributed by atoms with E-state index in [9.17, 15) is 0 Å². The van der Waals surface area contributed by atoms with Crippen molar-refractivity contribution in [2.45, 2.75) is 19.9 Å². The zero-order valence-electron chi connectivity index (χ0n) is 12.7. The van der Waals surface area contributed by atoms with Gasteiger partial charge in [-0.15, -0.1) is 0 Å². The summed E-state index contributed by atoms with van der Waals surface area (Å²) in [6.45, 7) is 5.73. The van der Waals surface area contributed by atoms with E-state index >= 15 is 0 Å². The van der Waals surface area contributed by atoms with E-state index in [1.165, 1.54) is 0 Å². The first-order chi connectivity index (χ1) is 10.7. The van der Waals surface area contributed by atoms with E-state index in [0.29, 0.717) is 35.1 Å². The molecule has 6 heteroatoms. The third-order valence-corrected chi connectivity index (χ3v) is 4.65. The third kappa shape index (κ3) is 3.48. The number of hydrogen-bond donors (Lipinski definition) is 1. The van der Waals surface area contributed by atoms with Crippen LogP contribution in [0.25, 0.3) is 11.4 Å². The van der Waals surface area contributed by atoms with Crippen molar-refractivity contribution < 1.29 is 4.52 Å². The largest absolute Gasteiger partial charge is 0.338 e. The molecule has 2 aromatic rings. The van der Waals surface area contributed by atoms with Crippen molar-refractivity contribution >= 4 is 11.6 Å². The Morgan fingerprint density at radius 2 is 2.32 bits per heavy atom. The first kappa shape index (κ1) is 15.5. The number of nitrogens with zero attached hydrogens (tertiary/aromatic N) is 3. The molecule has 1 aromatic heterocycles. The molecule has 1 aliphatic rings. The highest BCUT2D eigenvalue weighted by atomic mass is 35.5. The SMILES string of the molecule is CC1CCN(Cc2nc(-c3cccc(Cl)c3)no2)CC1CN. The highest BCUT2D eigenvalue weighted by molar-refractivity contribution is 6.30. The van der Waals surface area contributed by atoms with Crippen LogP contribution in [0.15, 0.2) is 28.8 Å². The average molecular weight is 321 g/mol. The molecule has 2 N–H and O–H groups in total. The molecule has 22 heavy (non-hydrogen) atoms. The Balaban J connectivity index is 1.67. The lowest BCUT2D eigenvalue weighted by Crippen LogP contribution is -2.42. The number of aromatic nitrogens is 2. The van der Waals surface area contributed by atoms with Gasteiger partial charge in [0, 0.05) is 17.1 Å². The van der Waals surface area contributed by atoms with Gasteiger partial charge >= 0.3 is 0 Å². The van der Waals surface area contributed by atoms with Crippen molar-refractivity contribution in [1.29, 1.82) is 0 Å². The number of benzene rings is 1. The fourth-order valence-electron chi connectivity index (χ4n) is 2.93. The van der Waals surface area contributed by atoms with Gasteiger partial charge < -0.3 is 10.3 Å². The van der Waals surface area contributed by atoms with Crippen molar-refractivity contribution in [3.63, 3.8) is 0 Å². The third-order valence-electron chi connectivity index (χ3n) is 4.41. The van der Waals surface area contributed by atoms with Gasteiger partial charge in [-0.3, -0.25) is 4.90 Å². The summed E-state index contributed by atoms with van der Waals surface area (Å²) < 4.78 is 5.38. The van der Waals surface area contributed by atoms with Gasteiger partial charge in [-0.05, 0) is 43.5 Å². The van der Waals surface area contributed by atoms with Crippen molar-refractivity contribution in [2.24, 2.45) is 17.6 Å². The molecular formula is C16H21ClN4O. The highest BCUT2D eigenvalue weighted by Crippen LogP contribution is 2.24. The van der Waals surface area contributed by atoms with Crippen LogP contribution in [0.5, 0.6) is 0 Å². The topological polar surface area (TPSA) is 68.2 Å². The molecule has 2 unspecified atom stereocenters. The van der Waals surface area contributed by atoms with Crippen LogP contribution in [0.1, 0.15) is 19.2 Å². The molecule has 0 amide bonds. The molecule has 1 aromatic carbocycles. The van der Waals surface area contributed by atoms with Crippen molar-refractivity contribution in [2.75, 3.05) is 19.6 Å². The van der Waals surface area contributed by atoms with Gasteiger partial charge in [0.2, 0.25) is 11.7 Å². The minimum absolute atomic E-state index is 0.545. The van der Waals surface area contributed by atoms with Crippen molar-refractivity contribution in [3.8, 4) is 11.4 Å². The van der Waals surface area contributed by atoms with Crippen LogP contribution in [-0.2, 0) is 6.54 Å². The zero-order chi connectivity index (χ0) is 15.5. The van der Waals surface area contributed by atoms with Gasteiger partial charge in [0.1, 0.15) is 0 Å². The monoisotopic (exact) mass is 320 g/mol. The van der Waals surface area contributed by atoms with E-state index in [1.54, 1.807) is 0 Å². The lowest BCUT2D eigenvalue weighted by molar-refractivity contribution is 0.114. The summed E-state index contributed by atoms with van der Waals surface area (Å²) in [7, 11) is 0. The van der Waals surface area contributed by atoms with Crippen molar-refractivity contribution in [3.05, 3.63) is 35.2 Å². The zero-order valence-corrected chi connectivity index (χ0v) is 13.5. The van der Waals surface area contributed by atoms with E-state index in [4.69, 9.17) is 21.9 Å². The molecule has 0 saturated carbocycles. The van der Waals surface area contributed by atoms with E-state index in [2.05, 4.69) is 22.0 Å². The smallest absolute Gasteiger partial charge is 0.241 e. The van der Waals surface area contributed by atoms with Crippen molar-refractivity contribution in [1.82, 2.24) is 15.0 Å². The van der Waals surface area contributed by atoms with Crippen LogP contribution < -0.4 is 5.73 Å². The maximum Gasteiger partial charge on any atom is 0.241 e. The second kappa shape index (κ2) is 6.77. The molecule has 118 valence electrons. The molecule has 3 rings (SSSR count). The number of hydrogen-bond acceptors (Lipinski definition) is 5. The minimum Gasteiger partial charge on any atom is -0.338 e. The molecule has 1 saturated heterocycles. The van der Waals surface area contributed by atoms with Crippen LogP contribution in [0.3, 0.4) is 0 Å². The summed E-state index contributed by atoms with van der Waals surface area (Å²) in [5.74, 6) is 2.45. The molecule has 0 radical (unpaired) electrons. The molecule has 5 nitrogen and oxygen atoms in total. The van der Waals surface area contributed by atoms with E-state index in [1.807, 2.05) is 24.3 Å². The molecule has 1 fully saturated rings. The first-order valence-corrected chi connectivity index (χ1v) is 8.04. The number of nitrogens with two attached hydrogens (primary N) is 1. The fraction of sp³-hybridized carbons (Fsp3) is 0.500. The second-order valence-corrected chi connectivity index (χ2v) is 6.46. The van der Waals surface area contributed by atoms with Gasteiger partial charge in [-0.25, -0.2) is 0 Å². The van der Waals surface area contributed by atoms with Crippen LogP contribution in [-0.4, -0.2) is 34.7 Å². The lowest BCUT2D eigenvalue weighted by atomic mass is 9.87. The van der Waals surface area contributed by atoms with E-state index in [0.717, 1.165) is 31.6 Å². The van der Waals surface area contributed by atoms with Gasteiger partial charge in [0.25, 0.3) is 0 Å². The van der Waals surface area contributed by atoms with Crippen LogP contribution in [0.4, 0.5) is 0 Å². The number of halogens is 1. The summed E-state index contributed by atoms with van der Waals surface area (Å²) in [5.41, 5.74) is 6.72. The molecule has 2 heterocycles. The Morgan fingerprint density at radius 1 is 1.45 bits per heavy atom. The number of likely N-dealkylation sites (tertiary alicyclic amines) is 1. The Bertz CT molecular complexity index is 630. The standard InChI is InChI=1S/C16H21ClN4O/c1-11-5-6-21(9-13(11)8-18)10-15-19-16(20-22-15)12-3-2-4-14(17)7-12/h2-4,7,11,13H,5-6,8-10,18H2,1H3. The molecule has 2 atom stereocenters. The Labute approximate surface area is 135 Å². The molecule has 0 bridgehead atoms. The van der Waals surface area contributed by atoms with Gasteiger partial charge in [0.05, 0.1) is 6.54 Å². The maximum absolute atomic E-state index is 6.00. The maximum atomic E-state index is 6.00. The van der Waals surface area contributed by atoms with Gasteiger partial charge in [-0.1, -0.05) is 35.8 Å². The van der Waals surface area contributed by atoms with Crippen LogP contribution >= 0.6 is 11.6 Å². The summed E-state index contributed by atoms with van der Waals surface area (Å²) in [5, 5.41) is 4.72. The Kier molecular flexibility index (Phi) is 4.76. The predicted molar refractivity (Wildman–Crippen MR) is 86.3 cm³/mol. The molecular weight excluding hydrogens is 300 g/mol. The summed E-state index contributed by atoms with van der Waals surface area (Å²) in [4.78, 5) is 6.82. The predicted octanol–water partition coefficient (Wildman–Crippen LogP) is 2.81. The lowest BCUT2D eigenvalue weighted by Gasteiger charge is -2.35. The summed E-state index contributed by atoms with van der Waals surface area (Å²) in [6.07, 6.45) is 1.16. The quantitative estimate of drug-likeness (QED) is 0.938. The Morgan fingerprint density at radius 3 is 3.09 bits per heavy atom.